The molecule has 2 atom stereocenters. The first-order valence-corrected chi connectivity index (χ1v) is 11.3. The van der Waals surface area contributed by atoms with Gasteiger partial charge < -0.3 is 9.47 Å². The molecule has 5 fully saturated rings. The molecule has 12 heteroatoms. The van der Waals surface area contributed by atoms with Crippen LogP contribution in [0.5, 0.6) is 0 Å². The molecule has 0 N–H and O–H groups in total. The predicted molar refractivity (Wildman–Crippen MR) is 109 cm³/mol. The van der Waals surface area contributed by atoms with Gasteiger partial charge in [0.15, 0.2) is 0 Å². The van der Waals surface area contributed by atoms with Crippen molar-refractivity contribution in [2.45, 2.75) is 12.1 Å². The lowest BCUT2D eigenvalue weighted by molar-refractivity contribution is -0.177. The average molecular weight is 450 g/mol. The van der Waals surface area contributed by atoms with Crippen LogP contribution in [0.2, 0.25) is 0 Å². The number of morpholine rings is 2. The summed E-state index contributed by atoms with van der Waals surface area (Å²) in [6.45, 7) is 6.49. The van der Waals surface area contributed by atoms with Crippen molar-refractivity contribution in [2.75, 3.05) is 92.1 Å². The number of hydrogen-bond acceptors (Lipinski definition) is 10. The summed E-state index contributed by atoms with van der Waals surface area (Å²) in [5, 5.41) is 0. The molecule has 5 heterocycles. The van der Waals surface area contributed by atoms with Crippen LogP contribution in [0.3, 0.4) is 0 Å². The van der Waals surface area contributed by atoms with Gasteiger partial charge in [0.1, 0.15) is 12.1 Å². The molecular weight excluding hydrogens is 420 g/mol. The van der Waals surface area contributed by atoms with Crippen molar-refractivity contribution in [3.63, 3.8) is 0 Å². The van der Waals surface area contributed by atoms with Gasteiger partial charge in [0.05, 0.1) is 52.9 Å². The summed E-state index contributed by atoms with van der Waals surface area (Å²) in [5.41, 5.74) is 0. The number of carbonyl (C=O) groups is 4. The Bertz CT molecular complexity index is 719. The van der Waals surface area contributed by atoms with Gasteiger partial charge in [-0.05, 0) is 0 Å². The highest BCUT2D eigenvalue weighted by atomic mass is 16.5. The zero-order valence-electron chi connectivity index (χ0n) is 18.2. The van der Waals surface area contributed by atoms with Crippen molar-refractivity contribution in [3.05, 3.63) is 0 Å². The third-order valence-electron chi connectivity index (χ3n) is 6.97. The van der Waals surface area contributed by atoms with Gasteiger partial charge in [-0.2, -0.15) is 0 Å². The van der Waals surface area contributed by atoms with Gasteiger partial charge >= 0.3 is 0 Å². The molecule has 5 aliphatic heterocycles. The van der Waals surface area contributed by atoms with Gasteiger partial charge in [0.2, 0.25) is 23.6 Å². The van der Waals surface area contributed by atoms with Crippen molar-refractivity contribution < 1.29 is 28.7 Å². The van der Waals surface area contributed by atoms with Crippen molar-refractivity contribution in [2.24, 2.45) is 0 Å². The van der Waals surface area contributed by atoms with Crippen molar-refractivity contribution in [1.82, 2.24) is 29.4 Å². The van der Waals surface area contributed by atoms with Gasteiger partial charge in [-0.15, -0.1) is 0 Å². The SMILES string of the molecule is O=C1CN2CCN3CC(=O)N(CN4CCOCC4)C(=O)[C@@H]3[C@H]2C(=O)N1CN1CCOCC1. The number of carbonyl (C=O) groups excluding carboxylic acids is 4. The molecule has 0 unspecified atom stereocenters. The predicted octanol–water partition coefficient (Wildman–Crippen LogP) is -3.34. The van der Waals surface area contributed by atoms with Gasteiger partial charge in [0, 0.05) is 39.3 Å². The van der Waals surface area contributed by atoms with Gasteiger partial charge in [-0.25, -0.2) is 0 Å². The molecule has 32 heavy (non-hydrogen) atoms. The summed E-state index contributed by atoms with van der Waals surface area (Å²) in [7, 11) is 0. The lowest BCUT2D eigenvalue weighted by Gasteiger charge is -2.52. The van der Waals surface area contributed by atoms with Crippen LogP contribution in [-0.4, -0.2) is 157 Å². The van der Waals surface area contributed by atoms with E-state index in [1.807, 2.05) is 19.6 Å². The van der Waals surface area contributed by atoms with Crippen LogP contribution in [0.15, 0.2) is 0 Å². The summed E-state index contributed by atoms with van der Waals surface area (Å²) >= 11 is 0. The van der Waals surface area contributed by atoms with Crippen molar-refractivity contribution in [3.8, 4) is 0 Å². The zero-order chi connectivity index (χ0) is 22.2. The maximum atomic E-state index is 13.5. The topological polar surface area (TPSA) is 106 Å². The fraction of sp³-hybridized carbons (Fsp3) is 0.800. The van der Waals surface area contributed by atoms with E-state index < -0.39 is 12.1 Å². The minimum absolute atomic E-state index is 0.107. The molecule has 0 aromatic carbocycles. The highest BCUT2D eigenvalue weighted by Crippen LogP contribution is 2.28. The Hall–Kier alpha value is -1.96. The van der Waals surface area contributed by atoms with E-state index in [9.17, 15) is 19.2 Å². The lowest BCUT2D eigenvalue weighted by atomic mass is 9.94. The quantitative estimate of drug-likeness (QED) is 0.404. The number of imide groups is 2. The number of amides is 4. The molecule has 5 rings (SSSR count). The number of nitrogens with zero attached hydrogens (tertiary/aromatic N) is 6. The maximum Gasteiger partial charge on any atom is 0.249 e. The smallest absolute Gasteiger partial charge is 0.249 e. The summed E-state index contributed by atoms with van der Waals surface area (Å²) in [6, 6.07) is -1.51. The normalized spacial score (nSPS) is 31.8. The summed E-state index contributed by atoms with van der Waals surface area (Å²) in [6.07, 6.45) is 0. The van der Waals surface area contributed by atoms with Crippen LogP contribution >= 0.6 is 0 Å². The van der Waals surface area contributed by atoms with E-state index in [-0.39, 0.29) is 50.1 Å². The molecule has 0 bridgehead atoms. The van der Waals surface area contributed by atoms with Crippen LogP contribution in [0.25, 0.3) is 0 Å². The fourth-order valence-corrected chi connectivity index (χ4v) is 5.14. The molecule has 5 aliphatic rings. The molecule has 176 valence electrons. The van der Waals surface area contributed by atoms with E-state index in [0.29, 0.717) is 65.7 Å². The molecule has 5 saturated heterocycles. The van der Waals surface area contributed by atoms with Crippen LogP contribution < -0.4 is 0 Å². The first kappa shape index (κ1) is 21.9. The highest BCUT2D eigenvalue weighted by molar-refractivity contribution is 6.08. The number of ether oxygens (including phenoxy) is 2. The van der Waals surface area contributed by atoms with E-state index >= 15 is 0 Å². The lowest BCUT2D eigenvalue weighted by Crippen LogP contribution is -2.76. The Morgan fingerprint density at radius 3 is 1.34 bits per heavy atom. The van der Waals surface area contributed by atoms with E-state index in [1.54, 1.807) is 0 Å². The minimum atomic E-state index is -0.754. The maximum absolute atomic E-state index is 13.5. The Kier molecular flexibility index (Phi) is 6.23. The molecule has 0 aromatic heterocycles. The molecule has 0 aromatic rings. The largest absolute Gasteiger partial charge is 0.379 e. The standard InChI is InChI=1S/C20H30N6O6/c27-15-11-23-1-2-24-12-16(28)26(14-22-5-9-32-10-6-22)20(30)18(24)17(23)19(29)25(15)13-21-3-7-31-8-4-21/h17-18H,1-14H2/t17-,18-/m0/s1. The Morgan fingerprint density at radius 2 is 0.969 bits per heavy atom. The van der Waals surface area contributed by atoms with E-state index in [2.05, 4.69) is 0 Å². The first-order valence-electron chi connectivity index (χ1n) is 11.3. The van der Waals surface area contributed by atoms with Gasteiger partial charge in [-0.3, -0.25) is 48.6 Å². The Balaban J connectivity index is 1.34. The molecule has 0 radical (unpaired) electrons. The third kappa shape index (κ3) is 4.06. The Labute approximate surface area is 186 Å². The minimum Gasteiger partial charge on any atom is -0.379 e. The Morgan fingerprint density at radius 1 is 0.594 bits per heavy atom. The van der Waals surface area contributed by atoms with E-state index in [4.69, 9.17) is 9.47 Å². The second-order valence-electron chi connectivity index (χ2n) is 8.89. The first-order chi connectivity index (χ1) is 15.5. The highest BCUT2D eigenvalue weighted by Gasteiger charge is 2.55. The second-order valence-corrected chi connectivity index (χ2v) is 8.89. The zero-order valence-corrected chi connectivity index (χ0v) is 18.2. The van der Waals surface area contributed by atoms with Crippen molar-refractivity contribution >= 4 is 23.6 Å². The molecule has 12 nitrogen and oxygen atoms in total. The van der Waals surface area contributed by atoms with Crippen LogP contribution in [0, 0.1) is 0 Å². The number of fused-ring (bicyclic) bond motifs is 3. The molecular formula is C20H30N6O6. The average Bonchev–Trinajstić information content (AvgIpc) is 2.80. The van der Waals surface area contributed by atoms with Crippen molar-refractivity contribution in [1.29, 1.82) is 0 Å². The third-order valence-corrected chi connectivity index (χ3v) is 6.97. The molecule has 0 aliphatic carbocycles. The van der Waals surface area contributed by atoms with Crippen LogP contribution in [-0.2, 0) is 28.7 Å². The van der Waals surface area contributed by atoms with E-state index in [1.165, 1.54) is 9.80 Å². The van der Waals surface area contributed by atoms with Crippen LogP contribution in [0.4, 0.5) is 0 Å². The van der Waals surface area contributed by atoms with E-state index in [0.717, 1.165) is 0 Å². The number of piperazine rings is 3. The number of hydrogen-bond donors (Lipinski definition) is 0. The van der Waals surface area contributed by atoms with Gasteiger partial charge in [0.25, 0.3) is 0 Å². The fourth-order valence-electron chi connectivity index (χ4n) is 5.14. The number of rotatable bonds is 4. The molecule has 4 amide bonds. The summed E-state index contributed by atoms with van der Waals surface area (Å²) in [4.78, 5) is 62.8. The molecule has 0 saturated carbocycles. The summed E-state index contributed by atoms with van der Waals surface area (Å²) < 4.78 is 10.7. The second kappa shape index (κ2) is 9.12. The van der Waals surface area contributed by atoms with Gasteiger partial charge in [-0.1, -0.05) is 0 Å². The monoisotopic (exact) mass is 450 g/mol. The van der Waals surface area contributed by atoms with Crippen LogP contribution in [0.1, 0.15) is 0 Å². The summed E-state index contributed by atoms with van der Waals surface area (Å²) in [5.74, 6) is -1.18. The molecule has 0 spiro atoms.